The van der Waals surface area contributed by atoms with Crippen molar-refractivity contribution < 1.29 is 4.57 Å². The minimum absolute atomic E-state index is 0.0353. The van der Waals surface area contributed by atoms with E-state index in [1.54, 1.807) is 0 Å². The predicted molar refractivity (Wildman–Crippen MR) is 95.4 cm³/mol. The van der Waals surface area contributed by atoms with E-state index >= 15 is 0 Å². The Morgan fingerprint density at radius 2 is 2.08 bits per heavy atom. The maximum Gasteiger partial charge on any atom is 0.294 e. The second kappa shape index (κ2) is 3.64. The van der Waals surface area contributed by atoms with E-state index < -0.39 is 0 Å². The van der Waals surface area contributed by atoms with Crippen LogP contribution in [0.15, 0.2) is 42.9 Å². The van der Waals surface area contributed by atoms with Gasteiger partial charge in [-0.3, -0.25) is 4.98 Å². The fourth-order valence-corrected chi connectivity index (χ4v) is 5.45. The minimum atomic E-state index is 0.0353. The van der Waals surface area contributed by atoms with Crippen molar-refractivity contribution in [1.29, 1.82) is 0 Å². The molecule has 24 heavy (non-hydrogen) atoms. The summed E-state index contributed by atoms with van der Waals surface area (Å²) in [6.45, 7) is 7.21. The van der Waals surface area contributed by atoms with Gasteiger partial charge in [-0.2, -0.15) is 0 Å². The lowest BCUT2D eigenvalue weighted by Crippen LogP contribution is -2.66. The molecule has 0 spiro atoms. The number of aromatic nitrogens is 3. The molecule has 4 bridgehead atoms. The SMILES string of the molecule is CCC1(C)[n+]2ccn3ccc4cc5nc6ccc5c(c4c32)C1(C)C6. The van der Waals surface area contributed by atoms with Crippen LogP contribution in [0.2, 0.25) is 0 Å². The number of benzene rings is 1. The molecule has 2 unspecified atom stereocenters. The van der Waals surface area contributed by atoms with Crippen molar-refractivity contribution in [2.24, 2.45) is 0 Å². The van der Waals surface area contributed by atoms with Crippen LogP contribution in [0.1, 0.15) is 38.4 Å². The van der Waals surface area contributed by atoms with Crippen LogP contribution in [0, 0.1) is 0 Å². The molecule has 3 aromatic heterocycles. The lowest BCUT2D eigenvalue weighted by molar-refractivity contribution is -0.750. The third-order valence-corrected chi connectivity index (χ3v) is 7.07. The highest BCUT2D eigenvalue weighted by molar-refractivity contribution is 6.07. The zero-order valence-electron chi connectivity index (χ0n) is 14.3. The van der Waals surface area contributed by atoms with Crippen LogP contribution in [0.5, 0.6) is 0 Å². The van der Waals surface area contributed by atoms with Gasteiger partial charge in [0.05, 0.1) is 17.1 Å². The van der Waals surface area contributed by atoms with Gasteiger partial charge >= 0.3 is 0 Å². The molecule has 118 valence electrons. The molecule has 3 aliphatic rings. The Labute approximate surface area is 140 Å². The molecule has 2 atom stereocenters. The monoisotopic (exact) mass is 314 g/mol. The Bertz CT molecular complexity index is 1200. The van der Waals surface area contributed by atoms with E-state index in [1.165, 1.54) is 33.1 Å². The molecule has 0 saturated carbocycles. The summed E-state index contributed by atoms with van der Waals surface area (Å²) in [6, 6.07) is 9.04. The number of pyridine rings is 2. The van der Waals surface area contributed by atoms with Crippen molar-refractivity contribution >= 4 is 27.3 Å². The van der Waals surface area contributed by atoms with E-state index in [4.69, 9.17) is 4.98 Å². The van der Waals surface area contributed by atoms with E-state index in [2.05, 4.69) is 72.6 Å². The predicted octanol–water partition coefficient (Wildman–Crippen LogP) is 3.88. The molecule has 3 nitrogen and oxygen atoms in total. The van der Waals surface area contributed by atoms with Gasteiger partial charge in [0, 0.05) is 22.9 Å². The Hall–Kier alpha value is -2.42. The first-order valence-electron chi connectivity index (χ1n) is 8.85. The van der Waals surface area contributed by atoms with Crippen molar-refractivity contribution in [2.75, 3.05) is 0 Å². The molecule has 0 N–H and O–H groups in total. The van der Waals surface area contributed by atoms with Crippen molar-refractivity contribution in [1.82, 2.24) is 9.38 Å². The average molecular weight is 314 g/mol. The quantitative estimate of drug-likeness (QED) is 0.386. The minimum Gasteiger partial charge on any atom is -0.253 e. The standard InChI is InChI=1S/C21H20N3/c1-4-21(3)20(2)12-14-5-6-15-16(22-14)11-13-7-8-23-9-10-24(21)19(23)17(13)18(15)20/h5-11H,4,12H2,1-3H3/q+1. The van der Waals surface area contributed by atoms with Crippen LogP contribution in [0.4, 0.5) is 0 Å². The van der Waals surface area contributed by atoms with Gasteiger partial charge in [0.2, 0.25) is 0 Å². The van der Waals surface area contributed by atoms with Crippen LogP contribution in [0.25, 0.3) is 27.3 Å². The number of hydrogen-bond acceptors (Lipinski definition) is 1. The van der Waals surface area contributed by atoms with Crippen LogP contribution >= 0.6 is 0 Å². The second-order valence-corrected chi connectivity index (χ2v) is 7.94. The fourth-order valence-electron chi connectivity index (χ4n) is 5.45. The highest BCUT2D eigenvalue weighted by Crippen LogP contribution is 2.52. The largest absolute Gasteiger partial charge is 0.294 e. The Morgan fingerprint density at radius 1 is 1.21 bits per heavy atom. The summed E-state index contributed by atoms with van der Waals surface area (Å²) in [5.74, 6) is 0. The first-order chi connectivity index (χ1) is 11.6. The zero-order chi connectivity index (χ0) is 16.3. The van der Waals surface area contributed by atoms with E-state index in [0.29, 0.717) is 0 Å². The van der Waals surface area contributed by atoms with E-state index in [1.807, 2.05) is 0 Å². The lowest BCUT2D eigenvalue weighted by atomic mass is 9.61. The van der Waals surface area contributed by atoms with Crippen molar-refractivity contribution in [3.63, 3.8) is 0 Å². The van der Waals surface area contributed by atoms with E-state index in [9.17, 15) is 0 Å². The van der Waals surface area contributed by atoms with Gasteiger partial charge in [0.15, 0.2) is 0 Å². The third-order valence-electron chi connectivity index (χ3n) is 7.07. The van der Waals surface area contributed by atoms with Crippen LogP contribution in [0.3, 0.4) is 0 Å². The molecule has 4 aromatic rings. The molecular weight excluding hydrogens is 294 g/mol. The molecule has 2 aliphatic heterocycles. The van der Waals surface area contributed by atoms with Crippen molar-refractivity contribution in [3.8, 4) is 0 Å². The average Bonchev–Trinajstić information content (AvgIpc) is 2.93. The molecule has 1 aromatic carbocycles. The highest BCUT2D eigenvalue weighted by Gasteiger charge is 2.56. The summed E-state index contributed by atoms with van der Waals surface area (Å²) in [5, 5.41) is 4.07. The topological polar surface area (TPSA) is 21.2 Å². The van der Waals surface area contributed by atoms with Crippen molar-refractivity contribution in [2.45, 2.75) is 44.6 Å². The number of fused-ring (bicyclic) bond motifs is 1. The molecule has 7 rings (SSSR count). The summed E-state index contributed by atoms with van der Waals surface area (Å²) in [5.41, 5.74) is 5.29. The van der Waals surface area contributed by atoms with Gasteiger partial charge in [-0.25, -0.2) is 8.97 Å². The van der Waals surface area contributed by atoms with E-state index in [-0.39, 0.29) is 11.0 Å². The summed E-state index contributed by atoms with van der Waals surface area (Å²) in [7, 11) is 0. The van der Waals surface area contributed by atoms with Gasteiger partial charge in [0.25, 0.3) is 5.65 Å². The Morgan fingerprint density at radius 3 is 2.92 bits per heavy atom. The van der Waals surface area contributed by atoms with Gasteiger partial charge in [-0.1, -0.05) is 19.9 Å². The summed E-state index contributed by atoms with van der Waals surface area (Å²) in [4.78, 5) is 4.98. The van der Waals surface area contributed by atoms with Crippen LogP contribution < -0.4 is 4.57 Å². The van der Waals surface area contributed by atoms with E-state index in [0.717, 1.165) is 18.4 Å². The fraction of sp³-hybridized carbons (Fsp3) is 0.333. The molecule has 0 amide bonds. The lowest BCUT2D eigenvalue weighted by Gasteiger charge is -2.46. The zero-order valence-corrected chi connectivity index (χ0v) is 14.3. The number of hydrogen-bond donors (Lipinski definition) is 0. The maximum atomic E-state index is 4.98. The molecule has 1 aliphatic carbocycles. The van der Waals surface area contributed by atoms with Crippen molar-refractivity contribution in [3.05, 3.63) is 54.1 Å². The molecule has 0 fully saturated rings. The second-order valence-electron chi connectivity index (χ2n) is 7.94. The summed E-state index contributed by atoms with van der Waals surface area (Å²) < 4.78 is 4.81. The van der Waals surface area contributed by atoms with Gasteiger partial charge in [-0.05, 0) is 42.5 Å². The first-order valence-corrected chi connectivity index (χ1v) is 8.85. The molecule has 0 radical (unpaired) electrons. The Kier molecular flexibility index (Phi) is 1.96. The summed E-state index contributed by atoms with van der Waals surface area (Å²) in [6.07, 6.45) is 8.76. The smallest absolute Gasteiger partial charge is 0.253 e. The highest BCUT2D eigenvalue weighted by atomic mass is 15.2. The molecular formula is C21H20N3+. The maximum absolute atomic E-state index is 4.98. The van der Waals surface area contributed by atoms with Gasteiger partial charge in [-0.15, -0.1) is 0 Å². The van der Waals surface area contributed by atoms with Crippen LogP contribution in [-0.2, 0) is 17.4 Å². The molecule has 3 heteroatoms. The van der Waals surface area contributed by atoms with Gasteiger partial charge in [0.1, 0.15) is 17.9 Å². The number of nitrogens with zero attached hydrogens (tertiary/aromatic N) is 3. The van der Waals surface area contributed by atoms with Crippen LogP contribution in [-0.4, -0.2) is 9.38 Å². The number of rotatable bonds is 1. The Balaban J connectivity index is 2.03. The molecule has 0 saturated heterocycles. The van der Waals surface area contributed by atoms with Gasteiger partial charge < -0.3 is 0 Å². The first kappa shape index (κ1) is 12.9. The summed E-state index contributed by atoms with van der Waals surface area (Å²) >= 11 is 0. The normalized spacial score (nSPS) is 27.3. The number of imidazole rings is 1. The third kappa shape index (κ3) is 1.12. The molecule has 5 heterocycles.